The Kier molecular flexibility index (Phi) is 5.29. The van der Waals surface area contributed by atoms with E-state index in [-0.39, 0.29) is 0 Å². The monoisotopic (exact) mass is 338 g/mol. The summed E-state index contributed by atoms with van der Waals surface area (Å²) in [4.78, 5) is 3.63. The quantitative estimate of drug-likeness (QED) is 0.626. The SMILES string of the molecule is COc1cccc(-c2[nH]c3c(C)cccc3c2CCCCN)c1OC. The average Bonchev–Trinajstić information content (AvgIpc) is 3.01. The molecular formula is C21H26N2O2. The number of methoxy groups -OCH3 is 2. The molecule has 0 amide bonds. The molecule has 0 fully saturated rings. The van der Waals surface area contributed by atoms with Crippen LogP contribution >= 0.6 is 0 Å². The summed E-state index contributed by atoms with van der Waals surface area (Å²) in [7, 11) is 3.35. The maximum atomic E-state index is 5.69. The van der Waals surface area contributed by atoms with Crippen LogP contribution in [-0.4, -0.2) is 25.7 Å². The minimum absolute atomic E-state index is 0.721. The van der Waals surface area contributed by atoms with Gasteiger partial charge in [-0.25, -0.2) is 0 Å². The number of aromatic amines is 1. The van der Waals surface area contributed by atoms with Crippen LogP contribution in [0.1, 0.15) is 24.0 Å². The van der Waals surface area contributed by atoms with Crippen molar-refractivity contribution < 1.29 is 9.47 Å². The van der Waals surface area contributed by atoms with Crippen LogP contribution in [0.25, 0.3) is 22.2 Å². The van der Waals surface area contributed by atoms with Gasteiger partial charge in [-0.05, 0) is 56.0 Å². The van der Waals surface area contributed by atoms with Gasteiger partial charge in [0.2, 0.25) is 0 Å². The number of benzene rings is 2. The van der Waals surface area contributed by atoms with Gasteiger partial charge in [0.15, 0.2) is 11.5 Å². The smallest absolute Gasteiger partial charge is 0.170 e. The zero-order valence-electron chi connectivity index (χ0n) is 15.2. The van der Waals surface area contributed by atoms with Gasteiger partial charge >= 0.3 is 0 Å². The Labute approximate surface area is 149 Å². The number of H-pyrrole nitrogens is 1. The fourth-order valence-electron chi connectivity index (χ4n) is 3.44. The van der Waals surface area contributed by atoms with Crippen molar-refractivity contribution in [3.8, 4) is 22.8 Å². The number of nitrogens with one attached hydrogen (secondary N) is 1. The third-order valence-corrected chi connectivity index (χ3v) is 4.70. The highest BCUT2D eigenvalue weighted by Gasteiger charge is 2.19. The van der Waals surface area contributed by atoms with Gasteiger partial charge in [0.25, 0.3) is 0 Å². The number of fused-ring (bicyclic) bond motifs is 1. The molecule has 0 unspecified atom stereocenters. The summed E-state index contributed by atoms with van der Waals surface area (Å²) in [5.74, 6) is 1.50. The number of para-hydroxylation sites is 2. The van der Waals surface area contributed by atoms with Crippen LogP contribution in [0.2, 0.25) is 0 Å². The lowest BCUT2D eigenvalue weighted by Crippen LogP contribution is -2.00. The first-order chi connectivity index (χ1) is 12.2. The molecule has 3 aromatic rings. The molecule has 1 aromatic heterocycles. The third-order valence-electron chi connectivity index (χ3n) is 4.70. The van der Waals surface area contributed by atoms with E-state index in [0.29, 0.717) is 0 Å². The fourth-order valence-corrected chi connectivity index (χ4v) is 3.44. The normalized spacial score (nSPS) is 11.0. The largest absolute Gasteiger partial charge is 0.493 e. The van der Waals surface area contributed by atoms with E-state index < -0.39 is 0 Å². The number of ether oxygens (including phenoxy) is 2. The second-order valence-electron chi connectivity index (χ2n) is 6.26. The van der Waals surface area contributed by atoms with Gasteiger partial charge in [0.05, 0.1) is 19.9 Å². The van der Waals surface area contributed by atoms with E-state index in [1.807, 2.05) is 12.1 Å². The summed E-state index contributed by atoms with van der Waals surface area (Å²) in [6.45, 7) is 2.86. The van der Waals surface area contributed by atoms with Crippen molar-refractivity contribution in [1.29, 1.82) is 0 Å². The van der Waals surface area contributed by atoms with E-state index in [1.165, 1.54) is 22.0 Å². The Morgan fingerprint density at radius 2 is 1.80 bits per heavy atom. The van der Waals surface area contributed by atoms with Crippen molar-refractivity contribution in [2.45, 2.75) is 26.2 Å². The predicted molar refractivity (Wildman–Crippen MR) is 104 cm³/mol. The molecule has 0 saturated heterocycles. The number of unbranched alkanes of at least 4 members (excludes halogenated alkanes) is 1. The van der Waals surface area contributed by atoms with Crippen molar-refractivity contribution in [3.05, 3.63) is 47.5 Å². The molecule has 3 rings (SSSR count). The molecule has 4 heteroatoms. The molecule has 0 saturated carbocycles. The molecule has 0 bridgehead atoms. The lowest BCUT2D eigenvalue weighted by molar-refractivity contribution is 0.356. The zero-order chi connectivity index (χ0) is 17.8. The van der Waals surface area contributed by atoms with Gasteiger partial charge in [-0.2, -0.15) is 0 Å². The molecule has 2 aromatic carbocycles. The molecule has 0 radical (unpaired) electrons. The number of hydrogen-bond acceptors (Lipinski definition) is 3. The van der Waals surface area contributed by atoms with E-state index in [4.69, 9.17) is 15.2 Å². The van der Waals surface area contributed by atoms with Crippen LogP contribution in [0.4, 0.5) is 0 Å². The van der Waals surface area contributed by atoms with Crippen molar-refractivity contribution >= 4 is 10.9 Å². The molecular weight excluding hydrogens is 312 g/mol. The van der Waals surface area contributed by atoms with Crippen molar-refractivity contribution in [3.63, 3.8) is 0 Å². The van der Waals surface area contributed by atoms with E-state index in [2.05, 4.69) is 36.2 Å². The van der Waals surface area contributed by atoms with Crippen molar-refractivity contribution in [1.82, 2.24) is 4.98 Å². The third kappa shape index (κ3) is 3.22. The maximum Gasteiger partial charge on any atom is 0.170 e. The highest BCUT2D eigenvalue weighted by atomic mass is 16.5. The van der Waals surface area contributed by atoms with Gasteiger partial charge in [-0.3, -0.25) is 0 Å². The summed E-state index contributed by atoms with van der Waals surface area (Å²) in [5, 5.41) is 1.27. The maximum absolute atomic E-state index is 5.69. The molecule has 0 aliphatic carbocycles. The molecule has 0 aliphatic heterocycles. The summed E-state index contributed by atoms with van der Waals surface area (Å²) < 4.78 is 11.1. The summed E-state index contributed by atoms with van der Waals surface area (Å²) in [5.41, 5.74) is 11.6. The Morgan fingerprint density at radius 1 is 1.00 bits per heavy atom. The number of nitrogens with two attached hydrogens (primary N) is 1. The second kappa shape index (κ2) is 7.62. The molecule has 1 heterocycles. The Bertz CT molecular complexity index is 868. The Balaban J connectivity index is 2.21. The van der Waals surface area contributed by atoms with Crippen LogP contribution in [0, 0.1) is 6.92 Å². The van der Waals surface area contributed by atoms with Crippen molar-refractivity contribution in [2.24, 2.45) is 5.73 Å². The van der Waals surface area contributed by atoms with Crippen LogP contribution in [0.15, 0.2) is 36.4 Å². The topological polar surface area (TPSA) is 60.3 Å². The number of aromatic nitrogens is 1. The first-order valence-corrected chi connectivity index (χ1v) is 8.72. The standard InChI is InChI=1S/C21H26N2O2/c1-14-8-6-10-15-16(9-4-5-13-22)20(23-19(14)15)17-11-7-12-18(24-2)21(17)25-3/h6-8,10-12,23H,4-5,9,13,22H2,1-3H3. The molecule has 0 aliphatic rings. The number of hydrogen-bond donors (Lipinski definition) is 2. The minimum atomic E-state index is 0.721. The van der Waals surface area contributed by atoms with E-state index >= 15 is 0 Å². The molecule has 0 atom stereocenters. The van der Waals surface area contributed by atoms with E-state index in [1.54, 1.807) is 14.2 Å². The fraction of sp³-hybridized carbons (Fsp3) is 0.333. The highest BCUT2D eigenvalue weighted by Crippen LogP contribution is 2.41. The van der Waals surface area contributed by atoms with Gasteiger partial charge in [-0.15, -0.1) is 0 Å². The first-order valence-electron chi connectivity index (χ1n) is 8.72. The van der Waals surface area contributed by atoms with Gasteiger partial charge < -0.3 is 20.2 Å². The number of aryl methyl sites for hydroxylation is 2. The van der Waals surface area contributed by atoms with E-state index in [0.717, 1.165) is 48.6 Å². The summed E-state index contributed by atoms with van der Waals surface area (Å²) in [6.07, 6.45) is 3.07. The average molecular weight is 338 g/mol. The van der Waals surface area contributed by atoms with Crippen LogP contribution in [-0.2, 0) is 6.42 Å². The Morgan fingerprint density at radius 3 is 2.52 bits per heavy atom. The molecule has 0 spiro atoms. The van der Waals surface area contributed by atoms with Gasteiger partial charge in [0, 0.05) is 16.5 Å². The summed E-state index contributed by atoms with van der Waals surface area (Å²) >= 11 is 0. The number of rotatable bonds is 7. The second-order valence-corrected chi connectivity index (χ2v) is 6.26. The predicted octanol–water partition coefficient (Wildman–Crippen LogP) is 4.44. The van der Waals surface area contributed by atoms with Gasteiger partial charge in [0.1, 0.15) is 0 Å². The molecule has 25 heavy (non-hydrogen) atoms. The minimum Gasteiger partial charge on any atom is -0.493 e. The first kappa shape index (κ1) is 17.4. The molecule has 3 N–H and O–H groups in total. The molecule has 132 valence electrons. The zero-order valence-corrected chi connectivity index (χ0v) is 15.2. The lowest BCUT2D eigenvalue weighted by atomic mass is 9.99. The molecule has 4 nitrogen and oxygen atoms in total. The van der Waals surface area contributed by atoms with E-state index in [9.17, 15) is 0 Å². The van der Waals surface area contributed by atoms with Crippen LogP contribution < -0.4 is 15.2 Å². The van der Waals surface area contributed by atoms with Crippen LogP contribution in [0.5, 0.6) is 11.5 Å². The summed E-state index contributed by atoms with van der Waals surface area (Å²) in [6, 6.07) is 12.4. The van der Waals surface area contributed by atoms with Crippen LogP contribution in [0.3, 0.4) is 0 Å². The highest BCUT2D eigenvalue weighted by molar-refractivity contribution is 5.94. The van der Waals surface area contributed by atoms with Gasteiger partial charge in [-0.1, -0.05) is 24.3 Å². The lowest BCUT2D eigenvalue weighted by Gasteiger charge is -2.13. The van der Waals surface area contributed by atoms with Crippen molar-refractivity contribution in [2.75, 3.05) is 20.8 Å². The Hall–Kier alpha value is -2.46.